The van der Waals surface area contributed by atoms with Gasteiger partial charge in [-0.2, -0.15) is 10.2 Å². The maximum Gasteiger partial charge on any atom is 0.252 e. The molecule has 0 radical (unpaired) electrons. The summed E-state index contributed by atoms with van der Waals surface area (Å²) in [6, 6.07) is 9.50. The molecule has 0 aliphatic carbocycles. The fraction of sp³-hybridized carbons (Fsp3) is 0.273. The molecule has 1 N–H and O–H groups in total. The summed E-state index contributed by atoms with van der Waals surface area (Å²) in [6.07, 6.45) is 4.39. The summed E-state index contributed by atoms with van der Waals surface area (Å²) in [5.74, 6) is -0.120. The predicted molar refractivity (Wildman–Crippen MR) is 118 cm³/mol. The third kappa shape index (κ3) is 3.93. The number of carbonyl (C=O) groups excluding carboxylic acids is 1. The van der Waals surface area contributed by atoms with Crippen molar-refractivity contribution in [2.24, 2.45) is 7.05 Å². The lowest BCUT2D eigenvalue weighted by atomic mass is 10.0. The van der Waals surface area contributed by atoms with E-state index in [1.807, 2.05) is 62.1 Å². The first-order valence-corrected chi connectivity index (χ1v) is 10.2. The summed E-state index contributed by atoms with van der Waals surface area (Å²) in [4.78, 5) is 17.7. The highest BCUT2D eigenvalue weighted by molar-refractivity contribution is 6.31. The van der Waals surface area contributed by atoms with Crippen LogP contribution in [0.15, 0.2) is 42.7 Å². The molecule has 1 aromatic carbocycles. The largest absolute Gasteiger partial charge is 0.352 e. The molecule has 0 atom stereocenters. The van der Waals surface area contributed by atoms with Crippen molar-refractivity contribution >= 4 is 28.4 Å². The number of nitrogens with one attached hydrogen (secondary N) is 1. The van der Waals surface area contributed by atoms with Gasteiger partial charge >= 0.3 is 0 Å². The molecule has 7 nitrogen and oxygen atoms in total. The molecule has 3 aromatic heterocycles. The third-order valence-electron chi connectivity index (χ3n) is 5.09. The highest BCUT2D eigenvalue weighted by Crippen LogP contribution is 2.24. The van der Waals surface area contributed by atoms with E-state index in [1.54, 1.807) is 10.9 Å². The number of para-hydroxylation sites is 1. The van der Waals surface area contributed by atoms with E-state index in [0.717, 1.165) is 40.0 Å². The second-order valence-corrected chi connectivity index (χ2v) is 7.67. The van der Waals surface area contributed by atoms with Crippen molar-refractivity contribution in [3.63, 3.8) is 0 Å². The number of carbonyl (C=O) groups is 1. The normalized spacial score (nSPS) is 11.2. The van der Waals surface area contributed by atoms with Crippen LogP contribution < -0.4 is 5.32 Å². The molecular weight excluding hydrogens is 400 g/mol. The molecule has 4 rings (SSSR count). The molecule has 4 aromatic rings. The molecule has 8 heteroatoms. The molecule has 0 aliphatic rings. The molecule has 3 heterocycles. The van der Waals surface area contributed by atoms with E-state index in [4.69, 9.17) is 16.6 Å². The Hall–Kier alpha value is -3.19. The quantitative estimate of drug-likeness (QED) is 0.478. The van der Waals surface area contributed by atoms with Crippen LogP contribution >= 0.6 is 11.6 Å². The monoisotopic (exact) mass is 422 g/mol. The van der Waals surface area contributed by atoms with Crippen LogP contribution in [0.3, 0.4) is 0 Å². The van der Waals surface area contributed by atoms with Crippen molar-refractivity contribution in [1.82, 2.24) is 29.9 Å². The molecule has 0 saturated carbocycles. The Morgan fingerprint density at radius 2 is 2.03 bits per heavy atom. The minimum Gasteiger partial charge on any atom is -0.352 e. The molecule has 0 aliphatic heterocycles. The van der Waals surface area contributed by atoms with Gasteiger partial charge in [0.2, 0.25) is 0 Å². The van der Waals surface area contributed by atoms with Crippen LogP contribution in [0.25, 0.3) is 22.2 Å². The Labute approximate surface area is 179 Å². The Kier molecular flexibility index (Phi) is 5.55. The van der Waals surface area contributed by atoms with Gasteiger partial charge in [0.05, 0.1) is 39.4 Å². The topological polar surface area (TPSA) is 77.6 Å². The van der Waals surface area contributed by atoms with Gasteiger partial charge in [0.15, 0.2) is 0 Å². The average molecular weight is 423 g/mol. The number of aromatic nitrogens is 5. The van der Waals surface area contributed by atoms with Crippen molar-refractivity contribution in [2.75, 3.05) is 6.54 Å². The lowest BCUT2D eigenvalue weighted by Gasteiger charge is -2.10. The summed E-state index contributed by atoms with van der Waals surface area (Å²) in [7, 11) is 1.86. The fourth-order valence-corrected chi connectivity index (χ4v) is 3.62. The van der Waals surface area contributed by atoms with Gasteiger partial charge < -0.3 is 5.32 Å². The van der Waals surface area contributed by atoms with Crippen LogP contribution in [0.1, 0.15) is 28.2 Å². The Bertz CT molecular complexity index is 1230. The smallest absolute Gasteiger partial charge is 0.252 e. The zero-order valence-corrected chi connectivity index (χ0v) is 17.9. The lowest BCUT2D eigenvalue weighted by Crippen LogP contribution is -2.26. The highest BCUT2D eigenvalue weighted by Gasteiger charge is 2.15. The number of pyridine rings is 1. The predicted octanol–water partition coefficient (Wildman–Crippen LogP) is 3.92. The first kappa shape index (κ1) is 20.1. The van der Waals surface area contributed by atoms with E-state index in [9.17, 15) is 4.79 Å². The Balaban J connectivity index is 1.51. The lowest BCUT2D eigenvalue weighted by molar-refractivity contribution is 0.0954. The van der Waals surface area contributed by atoms with Crippen molar-refractivity contribution in [2.45, 2.75) is 26.8 Å². The molecular formula is C22H23ClN6O. The first-order valence-electron chi connectivity index (χ1n) is 9.80. The summed E-state index contributed by atoms with van der Waals surface area (Å²) >= 11 is 6.20. The van der Waals surface area contributed by atoms with Crippen LogP contribution in [0.5, 0.6) is 0 Å². The zero-order valence-electron chi connectivity index (χ0n) is 17.2. The molecule has 30 heavy (non-hydrogen) atoms. The van der Waals surface area contributed by atoms with Gasteiger partial charge in [0.1, 0.15) is 0 Å². The van der Waals surface area contributed by atoms with Crippen molar-refractivity contribution in [3.05, 3.63) is 64.7 Å². The number of nitrogens with zero attached hydrogens (tertiary/aromatic N) is 5. The van der Waals surface area contributed by atoms with Gasteiger partial charge in [0, 0.05) is 37.3 Å². The van der Waals surface area contributed by atoms with Gasteiger partial charge in [-0.05, 0) is 32.4 Å². The van der Waals surface area contributed by atoms with Crippen LogP contribution in [0.4, 0.5) is 0 Å². The fourth-order valence-electron chi connectivity index (χ4n) is 3.48. The number of hydrogen-bond acceptors (Lipinski definition) is 4. The number of aryl methyl sites for hydroxylation is 3. The summed E-state index contributed by atoms with van der Waals surface area (Å²) in [6.45, 7) is 5.07. The second kappa shape index (κ2) is 8.28. The highest BCUT2D eigenvalue weighted by atomic mass is 35.5. The van der Waals surface area contributed by atoms with Gasteiger partial charge in [0.25, 0.3) is 5.91 Å². The van der Waals surface area contributed by atoms with E-state index < -0.39 is 0 Å². The molecule has 0 bridgehead atoms. The van der Waals surface area contributed by atoms with E-state index in [0.29, 0.717) is 23.7 Å². The summed E-state index contributed by atoms with van der Waals surface area (Å²) in [5, 5.41) is 13.2. The number of rotatable bonds is 6. The van der Waals surface area contributed by atoms with Gasteiger partial charge in [-0.3, -0.25) is 14.2 Å². The maximum atomic E-state index is 13.0. The van der Waals surface area contributed by atoms with Gasteiger partial charge in [-0.1, -0.05) is 29.8 Å². The maximum absolute atomic E-state index is 13.0. The molecule has 0 spiro atoms. The molecule has 0 saturated heterocycles. The number of amides is 1. The summed E-state index contributed by atoms with van der Waals surface area (Å²) < 4.78 is 3.60. The average Bonchev–Trinajstić information content (AvgIpc) is 3.29. The van der Waals surface area contributed by atoms with Crippen LogP contribution in [-0.4, -0.2) is 37.0 Å². The zero-order chi connectivity index (χ0) is 21.3. The molecule has 154 valence electrons. The number of halogens is 1. The Morgan fingerprint density at radius 3 is 2.73 bits per heavy atom. The number of benzene rings is 1. The first-order chi connectivity index (χ1) is 14.4. The molecule has 0 fully saturated rings. The number of hydrogen-bond donors (Lipinski definition) is 1. The Morgan fingerprint density at radius 1 is 1.23 bits per heavy atom. The van der Waals surface area contributed by atoms with Gasteiger partial charge in [-0.25, -0.2) is 4.98 Å². The van der Waals surface area contributed by atoms with E-state index in [1.165, 1.54) is 0 Å². The van der Waals surface area contributed by atoms with Crippen LogP contribution in [0, 0.1) is 13.8 Å². The molecule has 0 unspecified atom stereocenters. The second-order valence-electron chi connectivity index (χ2n) is 7.29. The standard InChI is InChI=1S/C22H23ClN6O/c1-14-21(23)15(2)29(27-14)10-6-9-24-22(30)18-11-20(16-12-25-28(3)13-16)26-19-8-5-4-7-17(18)19/h4-5,7-8,11-13H,6,9-10H2,1-3H3,(H,24,30). The van der Waals surface area contributed by atoms with Gasteiger partial charge in [-0.15, -0.1) is 0 Å². The van der Waals surface area contributed by atoms with Crippen LogP contribution in [0.2, 0.25) is 5.02 Å². The van der Waals surface area contributed by atoms with Crippen molar-refractivity contribution in [3.8, 4) is 11.3 Å². The van der Waals surface area contributed by atoms with E-state index >= 15 is 0 Å². The third-order valence-corrected chi connectivity index (χ3v) is 5.63. The van der Waals surface area contributed by atoms with Crippen molar-refractivity contribution in [1.29, 1.82) is 0 Å². The van der Waals surface area contributed by atoms with Crippen LogP contribution in [-0.2, 0) is 13.6 Å². The SMILES string of the molecule is Cc1nn(CCCNC(=O)c2cc(-c3cnn(C)c3)nc3ccccc23)c(C)c1Cl. The van der Waals surface area contributed by atoms with E-state index in [-0.39, 0.29) is 5.91 Å². The summed E-state index contributed by atoms with van der Waals surface area (Å²) in [5.41, 5.74) is 4.75. The minimum absolute atomic E-state index is 0.120. The van der Waals surface area contributed by atoms with Crippen molar-refractivity contribution < 1.29 is 4.79 Å². The van der Waals surface area contributed by atoms with E-state index in [2.05, 4.69) is 15.5 Å². The minimum atomic E-state index is -0.120. The molecule has 1 amide bonds. The number of fused-ring (bicyclic) bond motifs is 1.